The van der Waals surface area contributed by atoms with E-state index >= 15 is 0 Å². The summed E-state index contributed by atoms with van der Waals surface area (Å²) in [7, 11) is 0. The summed E-state index contributed by atoms with van der Waals surface area (Å²) in [6.07, 6.45) is 3.85. The minimum absolute atomic E-state index is 0.270. The number of benzene rings is 1. The average molecular weight is 246 g/mol. The minimum Gasteiger partial charge on any atom is -0.330 e. The zero-order valence-electron chi connectivity index (χ0n) is 9.96. The van der Waals surface area contributed by atoms with Gasteiger partial charge in [0.15, 0.2) is 0 Å². The summed E-state index contributed by atoms with van der Waals surface area (Å²) in [5.41, 5.74) is 6.02. The van der Waals surface area contributed by atoms with Gasteiger partial charge in [-0.3, -0.25) is 0 Å². The molecule has 94 valence electrons. The van der Waals surface area contributed by atoms with Gasteiger partial charge in [-0.05, 0) is 31.2 Å². The molecule has 1 aromatic carbocycles. The molecule has 2 rings (SSSR count). The van der Waals surface area contributed by atoms with E-state index < -0.39 is 0 Å². The van der Waals surface area contributed by atoms with Gasteiger partial charge < -0.3 is 10.6 Å². The number of hydrogen-bond acceptors (Lipinski definition) is 4. The van der Waals surface area contributed by atoms with Crippen molar-refractivity contribution >= 4 is 11.5 Å². The van der Waals surface area contributed by atoms with Crippen LogP contribution in [0.15, 0.2) is 42.9 Å². The lowest BCUT2D eigenvalue weighted by Gasteiger charge is -2.23. The summed E-state index contributed by atoms with van der Waals surface area (Å²) in [6, 6.07) is 8.39. The molecule has 0 radical (unpaired) electrons. The largest absolute Gasteiger partial charge is 0.330 e. The predicted octanol–water partition coefficient (Wildman–Crippen LogP) is 2.10. The Kier molecular flexibility index (Phi) is 4.20. The van der Waals surface area contributed by atoms with Crippen LogP contribution < -0.4 is 10.6 Å². The molecule has 0 saturated carbocycles. The van der Waals surface area contributed by atoms with E-state index in [1.165, 1.54) is 12.4 Å². The maximum Gasteiger partial charge on any atom is 0.146 e. The van der Waals surface area contributed by atoms with Crippen molar-refractivity contribution in [2.45, 2.75) is 6.42 Å². The van der Waals surface area contributed by atoms with Gasteiger partial charge in [-0.15, -0.1) is 0 Å². The maximum absolute atomic E-state index is 13.8. The lowest BCUT2D eigenvalue weighted by molar-refractivity contribution is 0.622. The number of para-hydroxylation sites is 1. The second-order valence-electron chi connectivity index (χ2n) is 3.81. The van der Waals surface area contributed by atoms with Gasteiger partial charge in [-0.1, -0.05) is 12.1 Å². The average Bonchev–Trinajstić information content (AvgIpc) is 2.42. The number of nitrogens with two attached hydrogens (primary N) is 1. The van der Waals surface area contributed by atoms with Crippen molar-refractivity contribution in [3.63, 3.8) is 0 Å². The minimum atomic E-state index is -0.270. The number of nitrogens with zero attached hydrogens (tertiary/aromatic N) is 3. The Morgan fingerprint density at radius 3 is 2.72 bits per heavy atom. The van der Waals surface area contributed by atoms with Crippen LogP contribution in [-0.2, 0) is 0 Å². The summed E-state index contributed by atoms with van der Waals surface area (Å²) in [4.78, 5) is 9.83. The molecular weight excluding hydrogens is 231 g/mol. The molecule has 0 aliphatic rings. The fraction of sp³-hybridized carbons (Fsp3) is 0.231. The third kappa shape index (κ3) is 2.81. The van der Waals surface area contributed by atoms with Gasteiger partial charge >= 0.3 is 0 Å². The van der Waals surface area contributed by atoms with Crippen molar-refractivity contribution in [3.05, 3.63) is 48.7 Å². The fourth-order valence-electron chi connectivity index (χ4n) is 1.72. The van der Waals surface area contributed by atoms with Crippen LogP contribution in [0.25, 0.3) is 0 Å². The third-order valence-corrected chi connectivity index (χ3v) is 2.57. The quantitative estimate of drug-likeness (QED) is 0.877. The first kappa shape index (κ1) is 12.4. The molecule has 0 amide bonds. The molecule has 0 aliphatic heterocycles. The SMILES string of the molecule is NCCCN(c1ccncn1)c1ccccc1F. The normalized spacial score (nSPS) is 10.3. The Bertz CT molecular complexity index is 489. The molecule has 0 atom stereocenters. The van der Waals surface area contributed by atoms with Crippen LogP contribution in [0.1, 0.15) is 6.42 Å². The highest BCUT2D eigenvalue weighted by Crippen LogP contribution is 2.25. The second-order valence-corrected chi connectivity index (χ2v) is 3.81. The topological polar surface area (TPSA) is 55.0 Å². The smallest absolute Gasteiger partial charge is 0.146 e. The van der Waals surface area contributed by atoms with Crippen LogP contribution in [0.4, 0.5) is 15.9 Å². The Balaban J connectivity index is 2.34. The first-order chi connectivity index (χ1) is 8.83. The summed E-state index contributed by atoms with van der Waals surface area (Å²) in [5.74, 6) is 0.400. The monoisotopic (exact) mass is 246 g/mol. The Morgan fingerprint density at radius 1 is 1.22 bits per heavy atom. The van der Waals surface area contributed by atoms with Crippen molar-refractivity contribution < 1.29 is 4.39 Å². The summed E-state index contributed by atoms with van der Waals surface area (Å²) in [5, 5.41) is 0. The Morgan fingerprint density at radius 2 is 2.06 bits per heavy atom. The molecule has 0 bridgehead atoms. The van der Waals surface area contributed by atoms with E-state index in [9.17, 15) is 4.39 Å². The van der Waals surface area contributed by atoms with Crippen molar-refractivity contribution in [1.82, 2.24) is 9.97 Å². The van der Waals surface area contributed by atoms with Gasteiger partial charge in [0.2, 0.25) is 0 Å². The van der Waals surface area contributed by atoms with E-state index in [4.69, 9.17) is 5.73 Å². The third-order valence-electron chi connectivity index (χ3n) is 2.57. The number of hydrogen-bond donors (Lipinski definition) is 1. The van der Waals surface area contributed by atoms with Crippen molar-refractivity contribution in [2.75, 3.05) is 18.0 Å². The van der Waals surface area contributed by atoms with Gasteiger partial charge in [0.1, 0.15) is 18.0 Å². The number of rotatable bonds is 5. The fourth-order valence-corrected chi connectivity index (χ4v) is 1.72. The molecule has 0 saturated heterocycles. The van der Waals surface area contributed by atoms with Gasteiger partial charge in [0.05, 0.1) is 5.69 Å². The van der Waals surface area contributed by atoms with E-state index in [2.05, 4.69) is 9.97 Å². The van der Waals surface area contributed by atoms with Gasteiger partial charge in [-0.25, -0.2) is 14.4 Å². The number of halogens is 1. The standard InChI is InChI=1S/C13H15FN4/c14-11-4-1-2-5-12(11)18(9-3-7-15)13-6-8-16-10-17-13/h1-2,4-6,8,10H,3,7,9,15H2. The summed E-state index contributed by atoms with van der Waals surface area (Å²) >= 11 is 0. The first-order valence-corrected chi connectivity index (χ1v) is 5.81. The van der Waals surface area contributed by atoms with E-state index in [1.807, 2.05) is 4.90 Å². The zero-order chi connectivity index (χ0) is 12.8. The lowest BCUT2D eigenvalue weighted by atomic mass is 10.2. The highest BCUT2D eigenvalue weighted by molar-refractivity contribution is 5.59. The summed E-state index contributed by atoms with van der Waals surface area (Å²) in [6.45, 7) is 1.17. The highest BCUT2D eigenvalue weighted by atomic mass is 19.1. The van der Waals surface area contributed by atoms with E-state index in [1.54, 1.807) is 30.5 Å². The molecule has 2 aromatic rings. The van der Waals surface area contributed by atoms with Gasteiger partial charge in [0, 0.05) is 12.7 Å². The highest BCUT2D eigenvalue weighted by Gasteiger charge is 2.13. The zero-order valence-corrected chi connectivity index (χ0v) is 9.96. The van der Waals surface area contributed by atoms with Crippen LogP contribution >= 0.6 is 0 Å². The molecule has 0 unspecified atom stereocenters. The Hall–Kier alpha value is -2.01. The predicted molar refractivity (Wildman–Crippen MR) is 69.1 cm³/mol. The van der Waals surface area contributed by atoms with Gasteiger partial charge in [-0.2, -0.15) is 0 Å². The van der Waals surface area contributed by atoms with Crippen LogP contribution in [0, 0.1) is 5.82 Å². The molecule has 0 spiro atoms. The van der Waals surface area contributed by atoms with Crippen molar-refractivity contribution in [1.29, 1.82) is 0 Å². The molecule has 0 fully saturated rings. The van der Waals surface area contributed by atoms with E-state index in [-0.39, 0.29) is 5.82 Å². The van der Waals surface area contributed by atoms with Crippen molar-refractivity contribution in [3.8, 4) is 0 Å². The van der Waals surface area contributed by atoms with E-state index in [0.717, 1.165) is 6.42 Å². The molecule has 4 nitrogen and oxygen atoms in total. The number of aromatic nitrogens is 2. The molecular formula is C13H15FN4. The maximum atomic E-state index is 13.8. The second kappa shape index (κ2) is 6.07. The Labute approximate surface area is 105 Å². The molecule has 5 heteroatoms. The molecule has 0 aliphatic carbocycles. The lowest BCUT2D eigenvalue weighted by Crippen LogP contribution is -2.22. The van der Waals surface area contributed by atoms with Crippen LogP contribution in [0.5, 0.6) is 0 Å². The van der Waals surface area contributed by atoms with Crippen LogP contribution in [0.3, 0.4) is 0 Å². The first-order valence-electron chi connectivity index (χ1n) is 5.81. The molecule has 2 N–H and O–H groups in total. The van der Waals surface area contributed by atoms with Crippen LogP contribution in [-0.4, -0.2) is 23.1 Å². The van der Waals surface area contributed by atoms with Gasteiger partial charge in [0.25, 0.3) is 0 Å². The van der Waals surface area contributed by atoms with Crippen LogP contribution in [0.2, 0.25) is 0 Å². The number of anilines is 2. The molecule has 1 heterocycles. The van der Waals surface area contributed by atoms with Crippen molar-refractivity contribution in [2.24, 2.45) is 5.73 Å². The molecule has 18 heavy (non-hydrogen) atoms. The van der Waals surface area contributed by atoms with E-state index in [0.29, 0.717) is 24.6 Å². The molecule has 1 aromatic heterocycles. The summed E-state index contributed by atoms with van der Waals surface area (Å²) < 4.78 is 13.8.